The molecular formula is C29H39N3O5S. The molecule has 0 unspecified atom stereocenters. The molecule has 0 saturated heterocycles. The van der Waals surface area contributed by atoms with Gasteiger partial charge in [-0.2, -0.15) is 0 Å². The Hall–Kier alpha value is -3.30. The Bertz CT molecular complexity index is 1110. The minimum absolute atomic E-state index is 0.0262. The van der Waals surface area contributed by atoms with E-state index in [0.717, 1.165) is 5.56 Å². The number of thioether (sulfide) groups is 1. The van der Waals surface area contributed by atoms with Gasteiger partial charge in [0, 0.05) is 30.0 Å². The number of aliphatic hydroxyl groups excluding tert-OH is 1. The number of amides is 3. The van der Waals surface area contributed by atoms with Gasteiger partial charge in [-0.1, -0.05) is 56.3 Å². The van der Waals surface area contributed by atoms with Gasteiger partial charge in [-0.15, -0.1) is 18.3 Å². The molecule has 8 nitrogen and oxygen atoms in total. The molecule has 0 spiro atoms. The van der Waals surface area contributed by atoms with Crippen LogP contribution >= 0.6 is 11.8 Å². The molecule has 2 aromatic rings. The Morgan fingerprint density at radius 1 is 1.05 bits per heavy atom. The summed E-state index contributed by atoms with van der Waals surface area (Å²) in [6.45, 7) is 11.2. The molecule has 206 valence electrons. The van der Waals surface area contributed by atoms with E-state index < -0.39 is 30.0 Å². The molecule has 2 rings (SSSR count). The molecule has 0 fully saturated rings. The normalized spacial score (nSPS) is 13.3. The predicted molar refractivity (Wildman–Crippen MR) is 152 cm³/mol. The van der Waals surface area contributed by atoms with Gasteiger partial charge >= 0.3 is 0 Å². The quantitative estimate of drug-likeness (QED) is 0.265. The lowest BCUT2D eigenvalue weighted by Crippen LogP contribution is -2.57. The minimum Gasteiger partial charge on any atom is -0.508 e. The van der Waals surface area contributed by atoms with Gasteiger partial charge in [0.25, 0.3) is 11.8 Å². The molecule has 9 heteroatoms. The van der Waals surface area contributed by atoms with E-state index in [9.17, 15) is 24.6 Å². The fraction of sp³-hybridized carbons (Fsp3) is 0.414. The number of carbonyl (C=O) groups is 3. The van der Waals surface area contributed by atoms with E-state index in [-0.39, 0.29) is 34.8 Å². The summed E-state index contributed by atoms with van der Waals surface area (Å²) in [4.78, 5) is 42.8. The third kappa shape index (κ3) is 8.36. The van der Waals surface area contributed by atoms with Crippen molar-refractivity contribution < 1.29 is 24.6 Å². The predicted octanol–water partition coefficient (Wildman–Crippen LogP) is 3.36. The number of benzene rings is 2. The Morgan fingerprint density at radius 3 is 2.32 bits per heavy atom. The number of carbonyl (C=O) groups excluding carboxylic acids is 3. The number of rotatable bonds is 13. The van der Waals surface area contributed by atoms with E-state index in [4.69, 9.17) is 0 Å². The average Bonchev–Trinajstić information content (AvgIpc) is 2.89. The standard InChI is InChI=1S/C29H39N3O5S/c1-7-16-31(6)28(36)21(5)32(18-38-19(2)3)29(37)26(34)24(17-22-12-9-8-10-13-22)30-27(35)23-14-11-15-25(33)20(23)4/h7-15,19,21,24,26,33-34H,1,16-18H2,2-6H3,(H,30,35)/t21-,24-,26-/m0/s1. The third-order valence-electron chi connectivity index (χ3n) is 6.23. The maximum Gasteiger partial charge on any atom is 0.254 e. The maximum atomic E-state index is 13.7. The number of likely N-dealkylation sites (N-methyl/N-ethyl adjacent to an activating group) is 1. The molecule has 2 aromatic carbocycles. The molecular weight excluding hydrogens is 502 g/mol. The molecule has 0 radical (unpaired) electrons. The van der Waals surface area contributed by atoms with Gasteiger partial charge in [0.2, 0.25) is 5.91 Å². The Morgan fingerprint density at radius 2 is 1.71 bits per heavy atom. The highest BCUT2D eigenvalue weighted by Crippen LogP contribution is 2.21. The van der Waals surface area contributed by atoms with Crippen LogP contribution < -0.4 is 5.32 Å². The van der Waals surface area contributed by atoms with Crippen molar-refractivity contribution in [1.82, 2.24) is 15.1 Å². The smallest absolute Gasteiger partial charge is 0.254 e. The van der Waals surface area contributed by atoms with Crippen molar-refractivity contribution in [2.24, 2.45) is 0 Å². The van der Waals surface area contributed by atoms with Crippen LogP contribution in [0.2, 0.25) is 0 Å². The van der Waals surface area contributed by atoms with Crippen LogP contribution in [0.5, 0.6) is 5.75 Å². The zero-order valence-electron chi connectivity index (χ0n) is 22.8. The summed E-state index contributed by atoms with van der Waals surface area (Å²) in [5.74, 6) is -1.29. The van der Waals surface area contributed by atoms with Crippen molar-refractivity contribution in [1.29, 1.82) is 0 Å². The first-order valence-electron chi connectivity index (χ1n) is 12.6. The highest BCUT2D eigenvalue weighted by atomic mass is 32.2. The van der Waals surface area contributed by atoms with E-state index in [1.54, 1.807) is 39.1 Å². The highest BCUT2D eigenvalue weighted by Gasteiger charge is 2.36. The maximum absolute atomic E-state index is 13.7. The number of phenols is 1. The number of nitrogens with zero attached hydrogens (tertiary/aromatic N) is 2. The second-order valence-corrected chi connectivity index (χ2v) is 11.0. The molecule has 0 heterocycles. The fourth-order valence-corrected chi connectivity index (χ4v) is 4.71. The van der Waals surface area contributed by atoms with Crippen molar-refractivity contribution >= 4 is 29.5 Å². The first-order valence-corrected chi connectivity index (χ1v) is 13.6. The zero-order valence-corrected chi connectivity index (χ0v) is 23.6. The lowest BCUT2D eigenvalue weighted by Gasteiger charge is -2.34. The summed E-state index contributed by atoms with van der Waals surface area (Å²) in [6, 6.07) is 12.0. The molecule has 0 bridgehead atoms. The van der Waals surface area contributed by atoms with Gasteiger partial charge in [-0.25, -0.2) is 0 Å². The fourth-order valence-electron chi connectivity index (χ4n) is 3.90. The lowest BCUT2D eigenvalue weighted by molar-refractivity contribution is -0.149. The highest BCUT2D eigenvalue weighted by molar-refractivity contribution is 7.99. The summed E-state index contributed by atoms with van der Waals surface area (Å²) in [6.07, 6.45) is 0.161. The van der Waals surface area contributed by atoms with E-state index in [2.05, 4.69) is 11.9 Å². The van der Waals surface area contributed by atoms with E-state index in [1.165, 1.54) is 27.6 Å². The topological polar surface area (TPSA) is 110 Å². The Balaban J connectivity index is 2.39. The minimum atomic E-state index is -1.62. The SMILES string of the molecule is C=CCN(C)C(=O)[C@H](C)N(CSC(C)C)C(=O)[C@@H](O)[C@H](Cc1ccccc1)NC(=O)c1cccc(O)c1C. The number of hydrogen-bond acceptors (Lipinski definition) is 6. The average molecular weight is 542 g/mol. The molecule has 0 aliphatic carbocycles. The summed E-state index contributed by atoms with van der Waals surface area (Å²) < 4.78 is 0. The number of phenolic OH excluding ortho intramolecular Hbond substituents is 1. The summed E-state index contributed by atoms with van der Waals surface area (Å²) in [5, 5.41) is 24.4. The van der Waals surface area contributed by atoms with Crippen molar-refractivity contribution in [2.75, 3.05) is 19.5 Å². The van der Waals surface area contributed by atoms with Gasteiger partial charge < -0.3 is 25.3 Å². The molecule has 3 atom stereocenters. The van der Waals surface area contributed by atoms with E-state index >= 15 is 0 Å². The molecule has 0 aliphatic rings. The van der Waals surface area contributed by atoms with Gasteiger partial charge in [-0.05, 0) is 38.0 Å². The summed E-state index contributed by atoms with van der Waals surface area (Å²) in [5.41, 5.74) is 1.45. The Kier molecular flexibility index (Phi) is 11.9. The van der Waals surface area contributed by atoms with Gasteiger partial charge in [0.05, 0.1) is 11.9 Å². The lowest BCUT2D eigenvalue weighted by atomic mass is 9.98. The number of aromatic hydroxyl groups is 1. The first kappa shape index (κ1) is 30.9. The van der Waals surface area contributed by atoms with Crippen LogP contribution in [0.25, 0.3) is 0 Å². The van der Waals surface area contributed by atoms with Crippen LogP contribution in [-0.4, -0.2) is 80.6 Å². The van der Waals surface area contributed by atoms with Gasteiger partial charge in [0.15, 0.2) is 6.10 Å². The van der Waals surface area contributed by atoms with E-state index in [1.807, 2.05) is 44.2 Å². The zero-order chi connectivity index (χ0) is 28.4. The van der Waals surface area contributed by atoms with Crippen molar-refractivity contribution in [3.8, 4) is 5.75 Å². The third-order valence-corrected chi connectivity index (χ3v) is 7.33. The second-order valence-electron chi connectivity index (χ2n) is 9.50. The van der Waals surface area contributed by atoms with Crippen LogP contribution in [0, 0.1) is 6.92 Å². The molecule has 0 aromatic heterocycles. The van der Waals surface area contributed by atoms with Crippen molar-refractivity contribution in [3.63, 3.8) is 0 Å². The molecule has 0 aliphatic heterocycles. The number of aliphatic hydroxyl groups is 1. The molecule has 3 N–H and O–H groups in total. The van der Waals surface area contributed by atoms with Crippen LogP contribution in [0.3, 0.4) is 0 Å². The number of nitrogens with one attached hydrogen (secondary N) is 1. The van der Waals surface area contributed by atoms with Crippen molar-refractivity contribution in [2.45, 2.75) is 57.6 Å². The van der Waals surface area contributed by atoms with E-state index in [0.29, 0.717) is 12.1 Å². The van der Waals surface area contributed by atoms with Crippen LogP contribution in [0.1, 0.15) is 42.3 Å². The van der Waals surface area contributed by atoms with Crippen LogP contribution in [0.15, 0.2) is 61.2 Å². The first-order chi connectivity index (χ1) is 18.0. The molecule has 0 saturated carbocycles. The van der Waals surface area contributed by atoms with Crippen molar-refractivity contribution in [3.05, 3.63) is 77.9 Å². The summed E-state index contributed by atoms with van der Waals surface area (Å²) in [7, 11) is 1.63. The van der Waals surface area contributed by atoms with Crippen LogP contribution in [0.4, 0.5) is 0 Å². The second kappa shape index (κ2) is 14.6. The summed E-state index contributed by atoms with van der Waals surface area (Å²) >= 11 is 1.47. The monoisotopic (exact) mass is 541 g/mol. The number of hydrogen-bond donors (Lipinski definition) is 3. The largest absolute Gasteiger partial charge is 0.508 e. The molecule has 38 heavy (non-hydrogen) atoms. The van der Waals surface area contributed by atoms with Crippen LogP contribution in [-0.2, 0) is 16.0 Å². The molecule has 3 amide bonds. The van der Waals surface area contributed by atoms with Gasteiger partial charge in [-0.3, -0.25) is 14.4 Å². The van der Waals surface area contributed by atoms with Gasteiger partial charge in [0.1, 0.15) is 11.8 Å². The Labute approximate surface area is 229 Å².